The number of fused-ring (bicyclic) bond motifs is 2. The van der Waals surface area contributed by atoms with Gasteiger partial charge in [-0.15, -0.1) is 0 Å². The Labute approximate surface area is 112 Å². The number of pyridine rings is 1. The lowest BCUT2D eigenvalue weighted by Gasteiger charge is -2.18. The van der Waals surface area contributed by atoms with Crippen molar-refractivity contribution in [2.45, 2.75) is 37.8 Å². The quantitative estimate of drug-likeness (QED) is 0.893. The number of hydrogen-bond donors (Lipinski definition) is 1. The molecule has 1 aromatic carbocycles. The van der Waals surface area contributed by atoms with Crippen LogP contribution in [-0.4, -0.2) is 11.0 Å². The van der Waals surface area contributed by atoms with E-state index in [9.17, 15) is 0 Å². The number of rotatable bonds is 3. The molecule has 0 spiro atoms. The summed E-state index contributed by atoms with van der Waals surface area (Å²) >= 11 is 1.96. The minimum Gasteiger partial charge on any atom is -0.382 e. The molecule has 1 atom stereocenters. The number of nitrogens with one attached hydrogen (secondary N) is 1. The molecule has 1 unspecified atom stereocenters. The molecule has 0 aliphatic carbocycles. The van der Waals surface area contributed by atoms with Crippen molar-refractivity contribution in [2.75, 3.05) is 5.32 Å². The van der Waals surface area contributed by atoms with E-state index in [1.54, 1.807) is 0 Å². The molecular weight excluding hydrogens is 240 g/mol. The van der Waals surface area contributed by atoms with Crippen LogP contribution in [0.4, 0.5) is 5.69 Å². The van der Waals surface area contributed by atoms with Crippen LogP contribution in [0.2, 0.25) is 0 Å². The predicted octanol–water partition coefficient (Wildman–Crippen LogP) is 4.19. The highest BCUT2D eigenvalue weighted by Crippen LogP contribution is 2.38. The Hall–Kier alpha value is -1.22. The monoisotopic (exact) mass is 258 g/mol. The van der Waals surface area contributed by atoms with E-state index in [2.05, 4.69) is 43.4 Å². The molecule has 2 nitrogen and oxygen atoms in total. The van der Waals surface area contributed by atoms with Gasteiger partial charge < -0.3 is 5.32 Å². The number of anilines is 1. The van der Waals surface area contributed by atoms with Crippen molar-refractivity contribution < 1.29 is 0 Å². The lowest BCUT2D eigenvalue weighted by atomic mass is 10.1. The summed E-state index contributed by atoms with van der Waals surface area (Å²) in [6.45, 7) is 4.46. The van der Waals surface area contributed by atoms with E-state index >= 15 is 0 Å². The summed E-state index contributed by atoms with van der Waals surface area (Å²) < 4.78 is 0. The Bertz CT molecular complexity index is 580. The van der Waals surface area contributed by atoms with Crippen molar-refractivity contribution in [1.29, 1.82) is 0 Å². The molecule has 0 radical (unpaired) electrons. The third kappa shape index (κ3) is 1.97. The number of benzene rings is 1. The molecule has 2 aromatic rings. The molecule has 0 bridgehead atoms. The second-order valence-corrected chi connectivity index (χ2v) is 5.86. The fourth-order valence-corrected chi connectivity index (χ4v) is 3.39. The number of nitrogens with zero attached hydrogens (tertiary/aromatic N) is 1. The number of aromatic nitrogens is 1. The maximum atomic E-state index is 4.79. The van der Waals surface area contributed by atoms with Gasteiger partial charge in [0.15, 0.2) is 0 Å². The van der Waals surface area contributed by atoms with Crippen LogP contribution in [0.3, 0.4) is 0 Å². The van der Waals surface area contributed by atoms with Crippen molar-refractivity contribution in [3.63, 3.8) is 0 Å². The fraction of sp³-hybridized carbons (Fsp3) is 0.400. The van der Waals surface area contributed by atoms with Crippen LogP contribution < -0.4 is 5.32 Å². The predicted molar refractivity (Wildman–Crippen MR) is 80.1 cm³/mol. The Morgan fingerprint density at radius 3 is 3.00 bits per heavy atom. The topological polar surface area (TPSA) is 24.9 Å². The zero-order valence-electron chi connectivity index (χ0n) is 10.9. The third-order valence-electron chi connectivity index (χ3n) is 3.57. The standard InChI is InChI=1S/C15H18N2S/c1-3-10(2)16-15-11-6-4-5-7-13(11)17-14-9-18-8-12(14)15/h4-7,10H,3,8-9H2,1-2H3,(H,16,17). The van der Waals surface area contributed by atoms with Gasteiger partial charge in [-0.05, 0) is 19.4 Å². The molecule has 3 rings (SSSR count). The zero-order chi connectivity index (χ0) is 12.5. The fourth-order valence-electron chi connectivity index (χ4n) is 2.34. The zero-order valence-corrected chi connectivity index (χ0v) is 11.7. The molecule has 0 saturated heterocycles. The Balaban J connectivity index is 2.19. The van der Waals surface area contributed by atoms with Crippen molar-refractivity contribution in [1.82, 2.24) is 4.98 Å². The molecule has 94 valence electrons. The maximum Gasteiger partial charge on any atom is 0.0726 e. The first-order chi connectivity index (χ1) is 8.79. The minimum absolute atomic E-state index is 0.505. The van der Waals surface area contributed by atoms with E-state index in [4.69, 9.17) is 4.98 Å². The van der Waals surface area contributed by atoms with Crippen LogP contribution >= 0.6 is 11.8 Å². The van der Waals surface area contributed by atoms with E-state index in [-0.39, 0.29) is 0 Å². The van der Waals surface area contributed by atoms with Gasteiger partial charge in [0.2, 0.25) is 0 Å². The third-order valence-corrected chi connectivity index (χ3v) is 4.54. The number of para-hydroxylation sites is 1. The largest absolute Gasteiger partial charge is 0.382 e. The van der Waals surface area contributed by atoms with Gasteiger partial charge in [0.05, 0.1) is 11.2 Å². The second kappa shape index (κ2) is 4.81. The summed E-state index contributed by atoms with van der Waals surface area (Å²) in [6, 6.07) is 8.96. The summed E-state index contributed by atoms with van der Waals surface area (Å²) in [5, 5.41) is 4.94. The summed E-state index contributed by atoms with van der Waals surface area (Å²) in [6.07, 6.45) is 1.14. The Morgan fingerprint density at radius 1 is 1.33 bits per heavy atom. The summed E-state index contributed by atoms with van der Waals surface area (Å²) in [4.78, 5) is 4.79. The van der Waals surface area contributed by atoms with E-state index in [1.165, 1.54) is 22.3 Å². The van der Waals surface area contributed by atoms with Crippen molar-refractivity contribution in [3.05, 3.63) is 35.5 Å². The van der Waals surface area contributed by atoms with E-state index < -0.39 is 0 Å². The Morgan fingerprint density at radius 2 is 2.17 bits per heavy atom. The normalized spacial score (nSPS) is 15.7. The summed E-state index contributed by atoms with van der Waals surface area (Å²) in [5.41, 5.74) is 5.11. The highest BCUT2D eigenvalue weighted by Gasteiger charge is 2.20. The molecule has 18 heavy (non-hydrogen) atoms. The lowest BCUT2D eigenvalue weighted by molar-refractivity contribution is 0.764. The van der Waals surface area contributed by atoms with E-state index in [0.717, 1.165) is 23.4 Å². The minimum atomic E-state index is 0.505. The molecule has 3 heteroatoms. The molecule has 1 aromatic heterocycles. The van der Waals surface area contributed by atoms with Gasteiger partial charge >= 0.3 is 0 Å². The molecule has 1 N–H and O–H groups in total. The van der Waals surface area contributed by atoms with Crippen LogP contribution in [0.5, 0.6) is 0 Å². The van der Waals surface area contributed by atoms with Gasteiger partial charge in [0.1, 0.15) is 0 Å². The first-order valence-electron chi connectivity index (χ1n) is 6.54. The smallest absolute Gasteiger partial charge is 0.0726 e. The van der Waals surface area contributed by atoms with Crippen molar-refractivity contribution in [3.8, 4) is 0 Å². The van der Waals surface area contributed by atoms with Gasteiger partial charge in [-0.1, -0.05) is 25.1 Å². The van der Waals surface area contributed by atoms with Gasteiger partial charge in [0, 0.05) is 34.2 Å². The van der Waals surface area contributed by atoms with Crippen LogP contribution in [-0.2, 0) is 11.5 Å². The van der Waals surface area contributed by atoms with Crippen LogP contribution in [0.1, 0.15) is 31.5 Å². The molecule has 2 heterocycles. The molecule has 0 saturated carbocycles. The summed E-state index contributed by atoms with van der Waals surface area (Å²) in [7, 11) is 0. The van der Waals surface area contributed by atoms with E-state index in [0.29, 0.717) is 6.04 Å². The molecule has 0 amide bonds. The first-order valence-corrected chi connectivity index (χ1v) is 7.70. The van der Waals surface area contributed by atoms with E-state index in [1.807, 2.05) is 11.8 Å². The van der Waals surface area contributed by atoms with Crippen LogP contribution in [0.25, 0.3) is 10.9 Å². The molecule has 0 fully saturated rings. The van der Waals surface area contributed by atoms with Gasteiger partial charge in [-0.3, -0.25) is 4.98 Å². The second-order valence-electron chi connectivity index (χ2n) is 4.88. The maximum absolute atomic E-state index is 4.79. The number of hydrogen-bond acceptors (Lipinski definition) is 3. The highest BCUT2D eigenvalue weighted by atomic mass is 32.2. The SMILES string of the molecule is CCC(C)Nc1c2c(nc3ccccc13)CSC2. The van der Waals surface area contributed by atoms with Crippen LogP contribution in [0.15, 0.2) is 24.3 Å². The van der Waals surface area contributed by atoms with Gasteiger partial charge in [-0.2, -0.15) is 11.8 Å². The first kappa shape index (κ1) is 11.8. The average Bonchev–Trinajstić information content (AvgIpc) is 2.86. The lowest BCUT2D eigenvalue weighted by Crippen LogP contribution is -2.15. The highest BCUT2D eigenvalue weighted by molar-refractivity contribution is 7.98. The van der Waals surface area contributed by atoms with Gasteiger partial charge in [-0.25, -0.2) is 0 Å². The average molecular weight is 258 g/mol. The molecule has 1 aliphatic rings. The molecular formula is C15H18N2S. The van der Waals surface area contributed by atoms with Crippen molar-refractivity contribution >= 4 is 28.4 Å². The van der Waals surface area contributed by atoms with Crippen LogP contribution in [0, 0.1) is 0 Å². The van der Waals surface area contributed by atoms with Gasteiger partial charge in [0.25, 0.3) is 0 Å². The number of thioether (sulfide) groups is 1. The molecule has 1 aliphatic heterocycles. The Kier molecular flexibility index (Phi) is 3.16. The summed E-state index contributed by atoms with van der Waals surface area (Å²) in [5.74, 6) is 2.14. The van der Waals surface area contributed by atoms with Crippen molar-refractivity contribution in [2.24, 2.45) is 0 Å².